The van der Waals surface area contributed by atoms with Gasteiger partial charge in [-0.3, -0.25) is 24.6 Å². The van der Waals surface area contributed by atoms with Crippen LogP contribution < -0.4 is 4.90 Å². The van der Waals surface area contributed by atoms with E-state index in [0.717, 1.165) is 33.6 Å². The molecule has 1 amide bonds. The van der Waals surface area contributed by atoms with E-state index in [1.54, 1.807) is 13.0 Å². The Morgan fingerprint density at radius 3 is 2.35 bits per heavy atom. The Bertz CT molecular complexity index is 1660. The monoisotopic (exact) mass is 572 g/mol. The molecule has 0 saturated carbocycles. The minimum absolute atomic E-state index is 0.114. The number of aromatic nitrogens is 2. The second-order valence-electron chi connectivity index (χ2n) is 9.46. The molecule has 1 unspecified atom stereocenters. The van der Waals surface area contributed by atoms with E-state index in [1.165, 1.54) is 40.9 Å². The first-order valence-corrected chi connectivity index (χ1v) is 14.1. The average Bonchev–Trinajstić information content (AvgIpc) is 3.51. The van der Waals surface area contributed by atoms with Crippen molar-refractivity contribution in [2.24, 2.45) is 0 Å². The fraction of sp³-hybridized carbons (Fsp3) is 0.172. The molecule has 1 atom stereocenters. The van der Waals surface area contributed by atoms with Gasteiger partial charge in [-0.1, -0.05) is 70.6 Å². The summed E-state index contributed by atoms with van der Waals surface area (Å²) in [5.74, 6) is -1.40. The zero-order chi connectivity index (χ0) is 28.6. The third kappa shape index (κ3) is 5.25. The van der Waals surface area contributed by atoms with Crippen LogP contribution in [0.5, 0.6) is 0 Å². The Morgan fingerprint density at radius 2 is 1.68 bits per heavy atom. The number of nitrogens with zero attached hydrogens (tertiary/aromatic N) is 4. The smallest absolute Gasteiger partial charge is 0.301 e. The largest absolute Gasteiger partial charge is 0.507 e. The van der Waals surface area contributed by atoms with Crippen molar-refractivity contribution in [3.8, 4) is 0 Å². The number of anilines is 1. The van der Waals surface area contributed by atoms with Gasteiger partial charge in [-0.2, -0.15) is 0 Å². The van der Waals surface area contributed by atoms with Crippen LogP contribution in [0.25, 0.3) is 5.76 Å². The summed E-state index contributed by atoms with van der Waals surface area (Å²) in [6, 6.07) is 18.1. The Labute approximate surface area is 238 Å². The maximum Gasteiger partial charge on any atom is 0.301 e. The molecular formula is C29H24N4O5S2. The van der Waals surface area contributed by atoms with Gasteiger partial charge in [-0.25, -0.2) is 0 Å². The lowest BCUT2D eigenvalue weighted by Crippen LogP contribution is -2.29. The zero-order valence-electron chi connectivity index (χ0n) is 21.8. The molecule has 4 aromatic rings. The molecule has 1 fully saturated rings. The lowest BCUT2D eigenvalue weighted by molar-refractivity contribution is -0.384. The van der Waals surface area contributed by atoms with Crippen LogP contribution in [-0.2, 0) is 15.3 Å². The van der Waals surface area contributed by atoms with Crippen LogP contribution >= 0.6 is 23.1 Å². The predicted octanol–water partition coefficient (Wildman–Crippen LogP) is 6.29. The molecule has 0 aliphatic carbocycles. The van der Waals surface area contributed by atoms with E-state index in [2.05, 4.69) is 10.2 Å². The average molecular weight is 573 g/mol. The molecule has 3 aromatic carbocycles. The van der Waals surface area contributed by atoms with Crippen molar-refractivity contribution in [3.05, 3.63) is 116 Å². The van der Waals surface area contributed by atoms with Crippen LogP contribution in [0.15, 0.2) is 76.6 Å². The molecule has 1 N–H and O–H groups in total. The maximum absolute atomic E-state index is 13.4. The van der Waals surface area contributed by atoms with E-state index in [9.17, 15) is 24.8 Å². The number of hydrogen-bond acceptors (Lipinski definition) is 9. The Morgan fingerprint density at radius 1 is 1.00 bits per heavy atom. The van der Waals surface area contributed by atoms with Crippen LogP contribution in [0.2, 0.25) is 0 Å². The first-order chi connectivity index (χ1) is 19.1. The van der Waals surface area contributed by atoms with Crippen molar-refractivity contribution in [3.63, 3.8) is 0 Å². The number of aliphatic hydroxyl groups excluding tert-OH is 1. The Balaban J connectivity index is 1.57. The van der Waals surface area contributed by atoms with Gasteiger partial charge in [0, 0.05) is 23.4 Å². The highest BCUT2D eigenvalue weighted by molar-refractivity contribution is 8.00. The van der Waals surface area contributed by atoms with E-state index in [-0.39, 0.29) is 22.2 Å². The number of benzene rings is 3. The van der Waals surface area contributed by atoms with Crippen molar-refractivity contribution in [1.82, 2.24) is 10.2 Å². The first kappa shape index (κ1) is 27.2. The molecule has 0 radical (unpaired) electrons. The molecule has 11 heteroatoms. The van der Waals surface area contributed by atoms with Gasteiger partial charge in [0.2, 0.25) is 5.13 Å². The number of nitro benzene ring substituents is 1. The van der Waals surface area contributed by atoms with Gasteiger partial charge in [-0.05, 0) is 55.7 Å². The molecule has 1 aliphatic heterocycles. The van der Waals surface area contributed by atoms with Crippen molar-refractivity contribution >= 4 is 51.4 Å². The summed E-state index contributed by atoms with van der Waals surface area (Å²) in [7, 11) is 0. The summed E-state index contributed by atoms with van der Waals surface area (Å²) in [5, 5.41) is 31.3. The van der Waals surface area contributed by atoms with Crippen LogP contribution in [-0.4, -0.2) is 31.9 Å². The van der Waals surface area contributed by atoms with Gasteiger partial charge in [0.05, 0.1) is 16.5 Å². The van der Waals surface area contributed by atoms with Crippen molar-refractivity contribution < 1.29 is 19.6 Å². The third-order valence-electron chi connectivity index (χ3n) is 6.60. The number of Topliss-reactive ketones (excluding diaryl/α,β-unsaturated/α-hetero) is 1. The SMILES string of the molecule is Cc1ccc(CSc2nnc(N3C(=O)C(=O)C(=C(O)c4cc(C)ccc4C)C3c3ccc([N+](=O)[O-])cc3)s2)cc1. The van der Waals surface area contributed by atoms with E-state index in [0.29, 0.717) is 21.2 Å². The Hall–Kier alpha value is -4.35. The maximum atomic E-state index is 13.4. The summed E-state index contributed by atoms with van der Waals surface area (Å²) in [6.07, 6.45) is 0. The summed E-state index contributed by atoms with van der Waals surface area (Å²) < 4.78 is 0.606. The second kappa shape index (κ2) is 11.0. The van der Waals surface area contributed by atoms with Crippen molar-refractivity contribution in [2.45, 2.75) is 36.9 Å². The number of nitro groups is 1. The summed E-state index contributed by atoms with van der Waals surface area (Å²) in [6.45, 7) is 5.68. The number of rotatable bonds is 7. The number of aliphatic hydroxyl groups is 1. The van der Waals surface area contributed by atoms with Crippen LogP contribution in [0, 0.1) is 30.9 Å². The summed E-state index contributed by atoms with van der Waals surface area (Å²) in [4.78, 5) is 38.8. The number of aryl methyl sites for hydroxylation is 3. The van der Waals surface area contributed by atoms with Crippen LogP contribution in [0.4, 0.5) is 10.8 Å². The minimum atomic E-state index is -1.05. The minimum Gasteiger partial charge on any atom is -0.507 e. The molecule has 1 aliphatic rings. The molecule has 1 saturated heterocycles. The normalized spacial score (nSPS) is 16.5. The number of non-ortho nitro benzene ring substituents is 1. The van der Waals surface area contributed by atoms with E-state index in [4.69, 9.17) is 0 Å². The lowest BCUT2D eigenvalue weighted by Gasteiger charge is -2.22. The number of hydrogen-bond donors (Lipinski definition) is 1. The molecule has 202 valence electrons. The van der Waals surface area contributed by atoms with E-state index >= 15 is 0 Å². The standard InChI is InChI=1S/C29H24N4O5S2/c1-16-5-8-19(9-6-16)15-39-29-31-30-28(40-29)32-24(20-10-12-21(13-11-20)33(37)38)23(26(35)27(32)36)25(34)22-14-17(2)4-7-18(22)3/h4-14,24,34H,15H2,1-3H3. The predicted molar refractivity (Wildman–Crippen MR) is 154 cm³/mol. The fourth-order valence-corrected chi connectivity index (χ4v) is 6.27. The zero-order valence-corrected chi connectivity index (χ0v) is 23.5. The lowest BCUT2D eigenvalue weighted by atomic mass is 9.93. The highest BCUT2D eigenvalue weighted by Gasteiger charge is 2.48. The molecule has 40 heavy (non-hydrogen) atoms. The topological polar surface area (TPSA) is 127 Å². The van der Waals surface area contributed by atoms with Gasteiger partial charge in [0.1, 0.15) is 5.76 Å². The van der Waals surface area contributed by atoms with Gasteiger partial charge >= 0.3 is 5.91 Å². The molecule has 0 bridgehead atoms. The van der Waals surface area contributed by atoms with Crippen molar-refractivity contribution in [1.29, 1.82) is 0 Å². The van der Waals surface area contributed by atoms with E-state index in [1.807, 2.05) is 50.2 Å². The molecular weight excluding hydrogens is 548 g/mol. The molecule has 0 spiro atoms. The first-order valence-electron chi connectivity index (χ1n) is 12.3. The quantitative estimate of drug-likeness (QED) is 0.0521. The number of ketones is 1. The van der Waals surface area contributed by atoms with Gasteiger partial charge in [-0.15, -0.1) is 10.2 Å². The summed E-state index contributed by atoms with van der Waals surface area (Å²) >= 11 is 2.62. The number of carbonyl (C=O) groups is 2. The number of amides is 1. The molecule has 1 aromatic heterocycles. The third-order valence-corrected chi connectivity index (χ3v) is 8.72. The highest BCUT2D eigenvalue weighted by atomic mass is 32.2. The molecule has 2 heterocycles. The Kier molecular flexibility index (Phi) is 7.51. The van der Waals surface area contributed by atoms with Gasteiger partial charge in [0.15, 0.2) is 4.34 Å². The number of carbonyl (C=O) groups excluding carboxylic acids is 2. The van der Waals surface area contributed by atoms with Crippen LogP contribution in [0.3, 0.4) is 0 Å². The van der Waals surface area contributed by atoms with Gasteiger partial charge < -0.3 is 5.11 Å². The van der Waals surface area contributed by atoms with Crippen molar-refractivity contribution in [2.75, 3.05) is 4.90 Å². The summed E-state index contributed by atoms with van der Waals surface area (Å²) in [5.41, 5.74) is 4.45. The number of thioether (sulfide) groups is 1. The fourth-order valence-electron chi connectivity index (χ4n) is 4.45. The van der Waals surface area contributed by atoms with Gasteiger partial charge in [0.25, 0.3) is 11.5 Å². The van der Waals surface area contributed by atoms with E-state index < -0.39 is 22.7 Å². The highest BCUT2D eigenvalue weighted by Crippen LogP contribution is 2.44. The second-order valence-corrected chi connectivity index (χ2v) is 11.6. The van der Waals surface area contributed by atoms with Crippen LogP contribution in [0.1, 0.15) is 39.4 Å². The molecule has 9 nitrogen and oxygen atoms in total. The molecule has 5 rings (SSSR count).